The van der Waals surface area contributed by atoms with Crippen molar-refractivity contribution < 1.29 is 14.3 Å². The molecule has 2 aromatic carbocycles. The number of hydrogen-bond acceptors (Lipinski definition) is 3. The lowest BCUT2D eigenvalue weighted by atomic mass is 10.1. The zero-order valence-electron chi connectivity index (χ0n) is 14.6. The molecule has 1 unspecified atom stereocenters. The molecule has 25 heavy (non-hydrogen) atoms. The van der Waals surface area contributed by atoms with Crippen molar-refractivity contribution in [1.29, 1.82) is 0 Å². The van der Waals surface area contributed by atoms with Crippen LogP contribution in [0, 0.1) is 0 Å². The Morgan fingerprint density at radius 1 is 1.08 bits per heavy atom. The SMILES string of the molecule is CCOc1ccccc1OCCCC(=O)NC(C)c1ccccc1Cl. The van der Waals surface area contributed by atoms with E-state index in [9.17, 15) is 4.79 Å². The lowest BCUT2D eigenvalue weighted by Gasteiger charge is -2.16. The predicted octanol–water partition coefficient (Wildman–Crippen LogP) is 4.78. The fourth-order valence-corrected chi connectivity index (χ4v) is 2.78. The summed E-state index contributed by atoms with van der Waals surface area (Å²) in [6.07, 6.45) is 1.02. The minimum atomic E-state index is -0.124. The van der Waals surface area contributed by atoms with Gasteiger partial charge in [-0.15, -0.1) is 0 Å². The van der Waals surface area contributed by atoms with E-state index in [1.165, 1.54) is 0 Å². The van der Waals surface area contributed by atoms with Crippen LogP contribution in [0.3, 0.4) is 0 Å². The third-order valence-electron chi connectivity index (χ3n) is 3.70. The normalized spacial score (nSPS) is 11.6. The lowest BCUT2D eigenvalue weighted by Crippen LogP contribution is -2.26. The summed E-state index contributed by atoms with van der Waals surface area (Å²) in [5, 5.41) is 3.62. The van der Waals surface area contributed by atoms with Crippen LogP contribution in [0.5, 0.6) is 11.5 Å². The summed E-state index contributed by atoms with van der Waals surface area (Å²) in [5.41, 5.74) is 0.916. The van der Waals surface area contributed by atoms with Crippen LogP contribution in [0.2, 0.25) is 5.02 Å². The summed E-state index contributed by atoms with van der Waals surface area (Å²) in [6, 6.07) is 14.9. The molecule has 1 amide bonds. The highest BCUT2D eigenvalue weighted by Crippen LogP contribution is 2.26. The number of amides is 1. The quantitative estimate of drug-likeness (QED) is 0.654. The van der Waals surface area contributed by atoms with E-state index in [4.69, 9.17) is 21.1 Å². The van der Waals surface area contributed by atoms with Crippen LogP contribution < -0.4 is 14.8 Å². The van der Waals surface area contributed by atoms with Crippen molar-refractivity contribution in [1.82, 2.24) is 5.32 Å². The van der Waals surface area contributed by atoms with Gasteiger partial charge in [-0.1, -0.05) is 41.9 Å². The van der Waals surface area contributed by atoms with E-state index in [1.807, 2.05) is 62.4 Å². The van der Waals surface area contributed by atoms with Crippen LogP contribution in [0.25, 0.3) is 0 Å². The number of hydrogen-bond donors (Lipinski definition) is 1. The zero-order valence-corrected chi connectivity index (χ0v) is 15.4. The van der Waals surface area contributed by atoms with Gasteiger partial charge in [-0.25, -0.2) is 0 Å². The molecule has 0 aliphatic rings. The van der Waals surface area contributed by atoms with E-state index < -0.39 is 0 Å². The van der Waals surface area contributed by atoms with E-state index in [2.05, 4.69) is 5.32 Å². The first-order valence-corrected chi connectivity index (χ1v) is 8.88. The minimum absolute atomic E-state index is 0.0193. The Balaban J connectivity index is 1.75. The topological polar surface area (TPSA) is 47.6 Å². The molecule has 1 atom stereocenters. The van der Waals surface area contributed by atoms with Gasteiger partial charge in [0.25, 0.3) is 0 Å². The van der Waals surface area contributed by atoms with Crippen molar-refractivity contribution in [3.8, 4) is 11.5 Å². The van der Waals surface area contributed by atoms with Gasteiger partial charge >= 0.3 is 0 Å². The first-order valence-electron chi connectivity index (χ1n) is 8.50. The second-order valence-electron chi connectivity index (χ2n) is 5.64. The third-order valence-corrected chi connectivity index (χ3v) is 4.05. The van der Waals surface area contributed by atoms with Crippen molar-refractivity contribution in [3.05, 3.63) is 59.1 Å². The molecule has 0 saturated carbocycles. The number of nitrogens with one attached hydrogen (secondary N) is 1. The first kappa shape index (κ1) is 19.1. The number of carbonyl (C=O) groups is 1. The molecular formula is C20H24ClNO3. The molecule has 0 aliphatic heterocycles. The van der Waals surface area contributed by atoms with Gasteiger partial charge in [0.15, 0.2) is 11.5 Å². The van der Waals surface area contributed by atoms with E-state index >= 15 is 0 Å². The van der Waals surface area contributed by atoms with Gasteiger partial charge < -0.3 is 14.8 Å². The Morgan fingerprint density at radius 3 is 2.40 bits per heavy atom. The van der Waals surface area contributed by atoms with Gasteiger partial charge in [0.05, 0.1) is 19.3 Å². The van der Waals surface area contributed by atoms with Gasteiger partial charge in [0.1, 0.15) is 0 Å². The highest BCUT2D eigenvalue weighted by molar-refractivity contribution is 6.31. The highest BCUT2D eigenvalue weighted by atomic mass is 35.5. The monoisotopic (exact) mass is 361 g/mol. The molecule has 0 radical (unpaired) electrons. The molecule has 0 aliphatic carbocycles. The summed E-state index contributed by atoms with van der Waals surface area (Å²) in [7, 11) is 0. The summed E-state index contributed by atoms with van der Waals surface area (Å²) >= 11 is 6.15. The summed E-state index contributed by atoms with van der Waals surface area (Å²) in [5.74, 6) is 1.41. The molecule has 0 saturated heterocycles. The van der Waals surface area contributed by atoms with Crippen LogP contribution in [0.4, 0.5) is 0 Å². The second-order valence-corrected chi connectivity index (χ2v) is 6.05. The van der Waals surface area contributed by atoms with Gasteiger partial charge in [0, 0.05) is 11.4 Å². The minimum Gasteiger partial charge on any atom is -0.490 e. The maximum Gasteiger partial charge on any atom is 0.220 e. The number of halogens is 1. The van der Waals surface area contributed by atoms with Crippen LogP contribution in [-0.2, 0) is 4.79 Å². The Morgan fingerprint density at radius 2 is 1.72 bits per heavy atom. The van der Waals surface area contributed by atoms with Gasteiger partial charge in [-0.2, -0.15) is 0 Å². The maximum atomic E-state index is 12.1. The average Bonchev–Trinajstić information content (AvgIpc) is 2.60. The maximum absolute atomic E-state index is 12.1. The molecule has 0 fully saturated rings. The van der Waals surface area contributed by atoms with Crippen LogP contribution in [-0.4, -0.2) is 19.1 Å². The molecule has 0 aromatic heterocycles. The van der Waals surface area contributed by atoms with Crippen LogP contribution in [0.15, 0.2) is 48.5 Å². The Labute approximate surface area is 154 Å². The summed E-state index contributed by atoms with van der Waals surface area (Å²) < 4.78 is 11.2. The van der Waals surface area contributed by atoms with Crippen molar-refractivity contribution >= 4 is 17.5 Å². The van der Waals surface area contributed by atoms with Crippen LogP contribution >= 0.6 is 11.6 Å². The number of benzene rings is 2. The van der Waals surface area contributed by atoms with Crippen molar-refractivity contribution in [3.63, 3.8) is 0 Å². The van der Waals surface area contributed by atoms with Crippen molar-refractivity contribution in [2.75, 3.05) is 13.2 Å². The van der Waals surface area contributed by atoms with Gasteiger partial charge in [-0.3, -0.25) is 4.79 Å². The molecule has 0 spiro atoms. The molecule has 1 N–H and O–H groups in total. The molecule has 134 valence electrons. The fourth-order valence-electron chi connectivity index (χ4n) is 2.48. The molecule has 0 heterocycles. The molecule has 4 nitrogen and oxygen atoms in total. The second kappa shape index (κ2) is 9.94. The predicted molar refractivity (Wildman–Crippen MR) is 100 cm³/mol. The largest absolute Gasteiger partial charge is 0.490 e. The average molecular weight is 362 g/mol. The van der Waals surface area contributed by atoms with Crippen molar-refractivity contribution in [2.45, 2.75) is 32.7 Å². The van der Waals surface area contributed by atoms with Crippen molar-refractivity contribution in [2.24, 2.45) is 0 Å². The Hall–Kier alpha value is -2.20. The van der Waals surface area contributed by atoms with Gasteiger partial charge in [-0.05, 0) is 44.0 Å². The summed E-state index contributed by atoms with van der Waals surface area (Å²) in [6.45, 7) is 4.90. The van der Waals surface area contributed by atoms with E-state index in [0.29, 0.717) is 36.8 Å². The van der Waals surface area contributed by atoms with E-state index in [1.54, 1.807) is 0 Å². The smallest absolute Gasteiger partial charge is 0.220 e. The standard InChI is InChI=1S/C20H24ClNO3/c1-3-24-18-11-6-7-12-19(18)25-14-8-13-20(23)22-15(2)16-9-4-5-10-17(16)21/h4-7,9-12,15H,3,8,13-14H2,1-2H3,(H,22,23). The lowest BCUT2D eigenvalue weighted by molar-refractivity contribution is -0.121. The van der Waals surface area contributed by atoms with E-state index in [0.717, 1.165) is 11.3 Å². The molecule has 2 aromatic rings. The third kappa shape index (κ3) is 5.98. The number of rotatable bonds is 9. The Kier molecular flexibility index (Phi) is 7.61. The fraction of sp³-hybridized carbons (Fsp3) is 0.350. The van der Waals surface area contributed by atoms with Gasteiger partial charge in [0.2, 0.25) is 5.91 Å². The van der Waals surface area contributed by atoms with E-state index in [-0.39, 0.29) is 11.9 Å². The molecule has 5 heteroatoms. The number of carbonyl (C=O) groups excluding carboxylic acids is 1. The van der Waals surface area contributed by atoms with Crippen LogP contribution in [0.1, 0.15) is 38.3 Å². The molecule has 0 bridgehead atoms. The Bertz CT molecular complexity index is 690. The number of para-hydroxylation sites is 2. The number of ether oxygens (including phenoxy) is 2. The molecular weight excluding hydrogens is 338 g/mol. The highest BCUT2D eigenvalue weighted by Gasteiger charge is 2.12. The summed E-state index contributed by atoms with van der Waals surface area (Å²) in [4.78, 5) is 12.1. The molecule has 2 rings (SSSR count). The first-order chi connectivity index (χ1) is 12.1. The zero-order chi connectivity index (χ0) is 18.1.